The molecular formula is C10H17N3O2. The lowest BCUT2D eigenvalue weighted by molar-refractivity contribution is -0.123. The highest BCUT2D eigenvalue weighted by Crippen LogP contribution is 2.00. The van der Waals surface area contributed by atoms with E-state index < -0.39 is 5.54 Å². The Morgan fingerprint density at radius 3 is 2.87 bits per heavy atom. The van der Waals surface area contributed by atoms with Gasteiger partial charge in [0.2, 0.25) is 5.91 Å². The van der Waals surface area contributed by atoms with Gasteiger partial charge in [0, 0.05) is 25.4 Å². The van der Waals surface area contributed by atoms with Crippen molar-refractivity contribution in [3.05, 3.63) is 18.7 Å². The fraction of sp³-hybridized carbons (Fsp3) is 0.600. The van der Waals surface area contributed by atoms with Crippen LogP contribution in [-0.4, -0.2) is 32.7 Å². The molecule has 5 nitrogen and oxygen atoms in total. The van der Waals surface area contributed by atoms with Crippen molar-refractivity contribution in [1.29, 1.82) is 0 Å². The van der Waals surface area contributed by atoms with Gasteiger partial charge in [0.1, 0.15) is 0 Å². The summed E-state index contributed by atoms with van der Waals surface area (Å²) in [5, 5.41) is 11.7. The first-order valence-corrected chi connectivity index (χ1v) is 4.91. The van der Waals surface area contributed by atoms with Gasteiger partial charge in [-0.05, 0) is 13.8 Å². The van der Waals surface area contributed by atoms with E-state index >= 15 is 0 Å². The average Bonchev–Trinajstić information content (AvgIpc) is 2.66. The van der Waals surface area contributed by atoms with E-state index in [4.69, 9.17) is 5.11 Å². The van der Waals surface area contributed by atoms with Crippen LogP contribution in [0.25, 0.3) is 0 Å². The Balaban J connectivity index is 2.31. The van der Waals surface area contributed by atoms with E-state index in [1.54, 1.807) is 26.4 Å². The number of aryl methyl sites for hydroxylation is 1. The summed E-state index contributed by atoms with van der Waals surface area (Å²) in [7, 11) is 0. The molecule has 1 heterocycles. The van der Waals surface area contributed by atoms with E-state index in [2.05, 4.69) is 10.3 Å². The number of carbonyl (C=O) groups excluding carboxylic acids is 1. The third-order valence-corrected chi connectivity index (χ3v) is 2.03. The zero-order valence-corrected chi connectivity index (χ0v) is 9.10. The van der Waals surface area contributed by atoms with Crippen LogP contribution < -0.4 is 5.32 Å². The minimum atomic E-state index is -0.550. The lowest BCUT2D eigenvalue weighted by atomic mass is 10.1. The third kappa shape index (κ3) is 4.12. The Hall–Kier alpha value is -1.36. The quantitative estimate of drug-likeness (QED) is 0.729. The molecule has 1 amide bonds. The van der Waals surface area contributed by atoms with E-state index in [9.17, 15) is 4.79 Å². The molecule has 5 heteroatoms. The summed E-state index contributed by atoms with van der Waals surface area (Å²) in [6.07, 6.45) is 5.55. The summed E-state index contributed by atoms with van der Waals surface area (Å²) in [5.41, 5.74) is -0.550. The minimum absolute atomic E-state index is 0.0657. The van der Waals surface area contributed by atoms with Gasteiger partial charge in [-0.3, -0.25) is 4.79 Å². The number of imidazole rings is 1. The van der Waals surface area contributed by atoms with Crippen LogP contribution in [0.3, 0.4) is 0 Å². The largest absolute Gasteiger partial charge is 0.394 e. The van der Waals surface area contributed by atoms with Crippen molar-refractivity contribution in [2.24, 2.45) is 0 Å². The highest BCUT2D eigenvalue weighted by atomic mass is 16.3. The minimum Gasteiger partial charge on any atom is -0.394 e. The summed E-state index contributed by atoms with van der Waals surface area (Å²) in [4.78, 5) is 15.3. The maximum absolute atomic E-state index is 11.5. The molecule has 1 aromatic heterocycles. The summed E-state index contributed by atoms with van der Waals surface area (Å²) in [6, 6.07) is 0. The molecule has 0 atom stereocenters. The summed E-state index contributed by atoms with van der Waals surface area (Å²) in [6.45, 7) is 4.10. The maximum Gasteiger partial charge on any atom is 0.222 e. The fourth-order valence-corrected chi connectivity index (χ4v) is 1.13. The SMILES string of the molecule is CC(C)(CO)NC(=O)CCn1ccnc1. The van der Waals surface area contributed by atoms with Gasteiger partial charge in [-0.1, -0.05) is 0 Å². The average molecular weight is 211 g/mol. The zero-order chi connectivity index (χ0) is 11.3. The molecule has 0 aromatic carbocycles. The predicted octanol–water partition coefficient (Wildman–Crippen LogP) is 0.160. The number of hydrogen-bond donors (Lipinski definition) is 2. The van der Waals surface area contributed by atoms with E-state index in [0.717, 1.165) is 0 Å². The lowest BCUT2D eigenvalue weighted by Gasteiger charge is -2.23. The van der Waals surface area contributed by atoms with Gasteiger partial charge in [0.05, 0.1) is 18.5 Å². The van der Waals surface area contributed by atoms with E-state index in [0.29, 0.717) is 13.0 Å². The number of nitrogens with one attached hydrogen (secondary N) is 1. The van der Waals surface area contributed by atoms with Gasteiger partial charge in [0.25, 0.3) is 0 Å². The van der Waals surface area contributed by atoms with Gasteiger partial charge in [0.15, 0.2) is 0 Å². The normalized spacial score (nSPS) is 11.4. The van der Waals surface area contributed by atoms with Crippen LogP contribution in [0.5, 0.6) is 0 Å². The summed E-state index contributed by atoms with van der Waals surface area (Å²) >= 11 is 0. The molecule has 0 saturated heterocycles. The molecule has 0 aliphatic carbocycles. The van der Waals surface area contributed by atoms with Crippen molar-refractivity contribution in [2.45, 2.75) is 32.4 Å². The monoisotopic (exact) mass is 211 g/mol. The molecule has 0 bridgehead atoms. The van der Waals surface area contributed by atoms with Gasteiger partial charge < -0.3 is 15.0 Å². The number of amides is 1. The molecular weight excluding hydrogens is 194 g/mol. The molecule has 0 unspecified atom stereocenters. The van der Waals surface area contributed by atoms with Crippen LogP contribution in [0.15, 0.2) is 18.7 Å². The molecule has 0 fully saturated rings. The van der Waals surface area contributed by atoms with E-state index in [1.165, 1.54) is 0 Å². The number of aromatic nitrogens is 2. The topological polar surface area (TPSA) is 67.2 Å². The van der Waals surface area contributed by atoms with Crippen LogP contribution in [0.1, 0.15) is 20.3 Å². The van der Waals surface area contributed by atoms with Crippen LogP contribution >= 0.6 is 0 Å². The first kappa shape index (κ1) is 11.7. The predicted molar refractivity (Wildman–Crippen MR) is 56.2 cm³/mol. The molecule has 0 spiro atoms. The molecule has 84 valence electrons. The Bertz CT molecular complexity index is 306. The number of nitrogens with zero attached hydrogens (tertiary/aromatic N) is 2. The Morgan fingerprint density at radius 2 is 2.33 bits per heavy atom. The molecule has 0 radical (unpaired) electrons. The van der Waals surface area contributed by atoms with Crippen molar-refractivity contribution < 1.29 is 9.90 Å². The molecule has 0 aliphatic heterocycles. The van der Waals surface area contributed by atoms with E-state index in [1.807, 2.05) is 10.8 Å². The summed E-state index contributed by atoms with van der Waals surface area (Å²) in [5.74, 6) is -0.0669. The summed E-state index contributed by atoms with van der Waals surface area (Å²) < 4.78 is 1.84. The maximum atomic E-state index is 11.5. The smallest absolute Gasteiger partial charge is 0.222 e. The second-order valence-electron chi connectivity index (χ2n) is 4.14. The first-order chi connectivity index (χ1) is 7.03. The number of aliphatic hydroxyl groups is 1. The Kier molecular flexibility index (Phi) is 3.85. The van der Waals surface area contributed by atoms with Crippen LogP contribution in [0.2, 0.25) is 0 Å². The standard InChI is InChI=1S/C10H17N3O2/c1-10(2,7-14)12-9(15)3-5-13-6-4-11-8-13/h4,6,8,14H,3,5,7H2,1-2H3,(H,12,15). The van der Waals surface area contributed by atoms with Crippen LogP contribution in [-0.2, 0) is 11.3 Å². The van der Waals surface area contributed by atoms with Crippen molar-refractivity contribution in [3.63, 3.8) is 0 Å². The molecule has 15 heavy (non-hydrogen) atoms. The molecule has 0 aliphatic rings. The third-order valence-electron chi connectivity index (χ3n) is 2.03. The van der Waals surface area contributed by atoms with Gasteiger partial charge in [-0.15, -0.1) is 0 Å². The van der Waals surface area contributed by atoms with Crippen molar-refractivity contribution >= 4 is 5.91 Å². The van der Waals surface area contributed by atoms with Crippen molar-refractivity contribution in [3.8, 4) is 0 Å². The number of rotatable bonds is 5. The first-order valence-electron chi connectivity index (χ1n) is 4.91. The second kappa shape index (κ2) is 4.93. The second-order valence-corrected chi connectivity index (χ2v) is 4.14. The van der Waals surface area contributed by atoms with Gasteiger partial charge in [-0.2, -0.15) is 0 Å². The van der Waals surface area contributed by atoms with Crippen molar-refractivity contribution in [1.82, 2.24) is 14.9 Å². The van der Waals surface area contributed by atoms with Gasteiger partial charge in [-0.25, -0.2) is 4.98 Å². The zero-order valence-electron chi connectivity index (χ0n) is 9.10. The number of aliphatic hydroxyl groups excluding tert-OH is 1. The molecule has 1 aromatic rings. The highest BCUT2D eigenvalue weighted by molar-refractivity contribution is 5.76. The van der Waals surface area contributed by atoms with Crippen molar-refractivity contribution in [2.75, 3.05) is 6.61 Å². The molecule has 1 rings (SSSR count). The van der Waals surface area contributed by atoms with Crippen LogP contribution in [0.4, 0.5) is 0 Å². The molecule has 0 saturated carbocycles. The van der Waals surface area contributed by atoms with E-state index in [-0.39, 0.29) is 12.5 Å². The lowest BCUT2D eigenvalue weighted by Crippen LogP contribution is -2.46. The Labute approximate surface area is 89.1 Å². The van der Waals surface area contributed by atoms with Gasteiger partial charge >= 0.3 is 0 Å². The Morgan fingerprint density at radius 1 is 1.60 bits per heavy atom. The highest BCUT2D eigenvalue weighted by Gasteiger charge is 2.18. The number of carbonyl (C=O) groups is 1. The molecule has 2 N–H and O–H groups in total. The van der Waals surface area contributed by atoms with Crippen LogP contribution in [0, 0.1) is 0 Å². The number of hydrogen-bond acceptors (Lipinski definition) is 3. The fourth-order valence-electron chi connectivity index (χ4n) is 1.13.